The van der Waals surface area contributed by atoms with Crippen LogP contribution in [0.25, 0.3) is 0 Å². The molecule has 0 saturated heterocycles. The van der Waals surface area contributed by atoms with Gasteiger partial charge in [0.2, 0.25) is 0 Å². The highest BCUT2D eigenvalue weighted by Crippen LogP contribution is 2.14. The summed E-state index contributed by atoms with van der Waals surface area (Å²) in [6, 6.07) is 10.5. The lowest BCUT2D eigenvalue weighted by atomic mass is 10.0. The van der Waals surface area contributed by atoms with Gasteiger partial charge in [-0.2, -0.15) is 0 Å². The van der Waals surface area contributed by atoms with Crippen LogP contribution in [0.5, 0.6) is 0 Å². The Morgan fingerprint density at radius 1 is 1.06 bits per heavy atom. The van der Waals surface area contributed by atoms with Crippen LogP contribution in [0.4, 0.5) is 0 Å². The maximum atomic E-state index is 4.67. The molecule has 0 bridgehead atoms. The van der Waals surface area contributed by atoms with E-state index in [1.165, 1.54) is 5.56 Å². The van der Waals surface area contributed by atoms with Crippen LogP contribution in [0.1, 0.15) is 18.4 Å². The number of rotatable bonds is 3. The molecule has 0 aromatic heterocycles. The van der Waals surface area contributed by atoms with Crippen molar-refractivity contribution in [1.29, 1.82) is 0 Å². The summed E-state index contributed by atoms with van der Waals surface area (Å²) in [5.41, 5.74) is 1.34. The number of aliphatic imine (C=N–C) groups is 1. The molecular formula is C14H23N3. The number of guanidine groups is 1. The number of hydrogen-bond acceptors (Lipinski definition) is 1. The summed E-state index contributed by atoms with van der Waals surface area (Å²) < 4.78 is 0. The number of benzene rings is 1. The van der Waals surface area contributed by atoms with Crippen molar-refractivity contribution in [2.75, 3.05) is 34.7 Å². The van der Waals surface area contributed by atoms with Gasteiger partial charge >= 0.3 is 0 Å². The van der Waals surface area contributed by atoms with E-state index in [-0.39, 0.29) is 0 Å². The van der Waals surface area contributed by atoms with Crippen molar-refractivity contribution in [2.45, 2.75) is 12.8 Å². The van der Waals surface area contributed by atoms with Gasteiger partial charge in [0.25, 0.3) is 0 Å². The van der Waals surface area contributed by atoms with Gasteiger partial charge in [0.15, 0.2) is 5.96 Å². The average Bonchev–Trinajstić information content (AvgIpc) is 2.29. The molecule has 0 aliphatic rings. The Balaban J connectivity index is 2.69. The van der Waals surface area contributed by atoms with Crippen LogP contribution in [-0.2, 0) is 0 Å². The van der Waals surface area contributed by atoms with E-state index < -0.39 is 0 Å². The normalized spacial score (nSPS) is 11.8. The van der Waals surface area contributed by atoms with Crippen LogP contribution in [0, 0.1) is 0 Å². The van der Waals surface area contributed by atoms with Gasteiger partial charge in [0.05, 0.1) is 0 Å². The fourth-order valence-electron chi connectivity index (χ4n) is 1.79. The third-order valence-corrected chi connectivity index (χ3v) is 2.68. The summed E-state index contributed by atoms with van der Waals surface area (Å²) in [5.74, 6) is 1.46. The Morgan fingerprint density at radius 2 is 1.59 bits per heavy atom. The molecule has 94 valence electrons. The highest BCUT2D eigenvalue weighted by atomic mass is 15.3. The van der Waals surface area contributed by atoms with Gasteiger partial charge in [-0.15, -0.1) is 0 Å². The monoisotopic (exact) mass is 233 g/mol. The van der Waals surface area contributed by atoms with Crippen LogP contribution in [0.15, 0.2) is 35.3 Å². The summed E-state index contributed by atoms with van der Waals surface area (Å²) in [6.45, 7) is 3.03. The minimum atomic E-state index is 0.450. The third kappa shape index (κ3) is 4.10. The molecular weight excluding hydrogens is 210 g/mol. The number of hydrogen-bond donors (Lipinski definition) is 0. The first-order valence-corrected chi connectivity index (χ1v) is 5.96. The van der Waals surface area contributed by atoms with Crippen LogP contribution in [-0.4, -0.2) is 50.5 Å². The molecule has 1 aromatic carbocycles. The van der Waals surface area contributed by atoms with E-state index in [9.17, 15) is 0 Å². The summed E-state index contributed by atoms with van der Waals surface area (Å²) in [5, 5.41) is 0. The molecule has 0 heterocycles. The van der Waals surface area contributed by atoms with E-state index in [1.807, 2.05) is 44.1 Å². The summed E-state index contributed by atoms with van der Waals surface area (Å²) in [6.07, 6.45) is 0. The standard InChI is InChI=1S/C14H23N3/c1-12(13-9-7-6-8-10-13)11-15-14(16(2)3)17(4)5/h6-10,12H,11H2,1-5H3. The highest BCUT2D eigenvalue weighted by Gasteiger charge is 2.07. The predicted molar refractivity (Wildman–Crippen MR) is 74.5 cm³/mol. The molecule has 3 nitrogen and oxygen atoms in total. The zero-order chi connectivity index (χ0) is 12.8. The van der Waals surface area contributed by atoms with E-state index in [0.717, 1.165) is 12.5 Å². The zero-order valence-corrected chi connectivity index (χ0v) is 11.5. The van der Waals surface area contributed by atoms with Crippen LogP contribution in [0.2, 0.25) is 0 Å². The minimum Gasteiger partial charge on any atom is -0.349 e. The Labute approximate surface area is 105 Å². The van der Waals surface area contributed by atoms with Crippen molar-refractivity contribution in [1.82, 2.24) is 9.80 Å². The molecule has 1 unspecified atom stereocenters. The Kier molecular flexibility index (Phi) is 5.01. The van der Waals surface area contributed by atoms with E-state index in [4.69, 9.17) is 0 Å². The maximum Gasteiger partial charge on any atom is 0.195 e. The maximum absolute atomic E-state index is 4.67. The summed E-state index contributed by atoms with van der Waals surface area (Å²) in [7, 11) is 8.08. The van der Waals surface area contributed by atoms with E-state index in [1.54, 1.807) is 0 Å². The van der Waals surface area contributed by atoms with Crippen molar-refractivity contribution >= 4 is 5.96 Å². The van der Waals surface area contributed by atoms with Crippen LogP contribution < -0.4 is 0 Å². The first-order valence-electron chi connectivity index (χ1n) is 5.96. The lowest BCUT2D eigenvalue weighted by molar-refractivity contribution is 0.478. The van der Waals surface area contributed by atoms with E-state index >= 15 is 0 Å². The fraction of sp³-hybridized carbons (Fsp3) is 0.500. The topological polar surface area (TPSA) is 18.8 Å². The average molecular weight is 233 g/mol. The van der Waals surface area contributed by atoms with Gasteiger partial charge in [-0.25, -0.2) is 0 Å². The molecule has 0 radical (unpaired) electrons. The first-order chi connectivity index (χ1) is 8.02. The molecule has 0 fully saturated rings. The lowest BCUT2D eigenvalue weighted by Gasteiger charge is -2.23. The van der Waals surface area contributed by atoms with Gasteiger partial charge in [-0.1, -0.05) is 37.3 Å². The van der Waals surface area contributed by atoms with Crippen molar-refractivity contribution in [3.63, 3.8) is 0 Å². The first kappa shape index (κ1) is 13.6. The minimum absolute atomic E-state index is 0.450. The Hall–Kier alpha value is -1.51. The summed E-state index contributed by atoms with van der Waals surface area (Å²) >= 11 is 0. The molecule has 0 spiro atoms. The van der Waals surface area contributed by atoms with Gasteiger partial charge in [-0.3, -0.25) is 4.99 Å². The molecule has 0 amide bonds. The van der Waals surface area contributed by atoms with E-state index in [2.05, 4.69) is 36.2 Å². The van der Waals surface area contributed by atoms with Gasteiger partial charge in [0, 0.05) is 40.7 Å². The molecule has 1 rings (SSSR count). The largest absolute Gasteiger partial charge is 0.349 e. The lowest BCUT2D eigenvalue weighted by Crippen LogP contribution is -2.35. The third-order valence-electron chi connectivity index (χ3n) is 2.68. The SMILES string of the molecule is CC(CN=C(N(C)C)N(C)C)c1ccccc1. The van der Waals surface area contributed by atoms with Gasteiger partial charge in [0.1, 0.15) is 0 Å². The molecule has 0 saturated carbocycles. The van der Waals surface area contributed by atoms with Crippen molar-refractivity contribution in [3.8, 4) is 0 Å². The molecule has 3 heteroatoms. The molecule has 0 aliphatic heterocycles. The smallest absolute Gasteiger partial charge is 0.195 e. The van der Waals surface area contributed by atoms with Gasteiger partial charge in [-0.05, 0) is 5.56 Å². The molecule has 0 N–H and O–H groups in total. The van der Waals surface area contributed by atoms with Crippen LogP contribution >= 0.6 is 0 Å². The van der Waals surface area contributed by atoms with E-state index in [0.29, 0.717) is 5.92 Å². The van der Waals surface area contributed by atoms with Gasteiger partial charge < -0.3 is 9.80 Å². The van der Waals surface area contributed by atoms with Crippen molar-refractivity contribution in [3.05, 3.63) is 35.9 Å². The number of nitrogens with zero attached hydrogens (tertiary/aromatic N) is 3. The van der Waals surface area contributed by atoms with Crippen LogP contribution in [0.3, 0.4) is 0 Å². The molecule has 1 aromatic rings. The van der Waals surface area contributed by atoms with Crippen molar-refractivity contribution < 1.29 is 0 Å². The zero-order valence-electron chi connectivity index (χ0n) is 11.5. The second kappa shape index (κ2) is 6.28. The quantitative estimate of drug-likeness (QED) is 0.589. The van der Waals surface area contributed by atoms with Crippen molar-refractivity contribution in [2.24, 2.45) is 4.99 Å². The fourth-order valence-corrected chi connectivity index (χ4v) is 1.79. The highest BCUT2D eigenvalue weighted by molar-refractivity contribution is 5.79. The summed E-state index contributed by atoms with van der Waals surface area (Å²) in [4.78, 5) is 8.75. The second-order valence-corrected chi connectivity index (χ2v) is 4.74. The predicted octanol–water partition coefficient (Wildman–Crippen LogP) is 2.27. The Bertz CT molecular complexity index is 345. The molecule has 17 heavy (non-hydrogen) atoms. The molecule has 1 atom stereocenters. The second-order valence-electron chi connectivity index (χ2n) is 4.74. The molecule has 0 aliphatic carbocycles. The Morgan fingerprint density at radius 3 is 2.06 bits per heavy atom.